The molecule has 4 unspecified atom stereocenters. The van der Waals surface area contributed by atoms with Gasteiger partial charge in [-0.2, -0.15) is 0 Å². The fourth-order valence-corrected chi connectivity index (χ4v) is 5.95. The Morgan fingerprint density at radius 2 is 1.02 bits per heavy atom. The second-order valence-corrected chi connectivity index (χ2v) is 9.97. The molecule has 0 fully saturated rings. The number of carbonyl (C=O) groups excluding carboxylic acids is 2. The molecule has 0 amide bonds. The monoisotopic (exact) mass is 556 g/mol. The number of carbonyl (C=O) groups is 2. The van der Waals surface area contributed by atoms with E-state index in [0.29, 0.717) is 16.7 Å². The van der Waals surface area contributed by atoms with E-state index in [9.17, 15) is 35.1 Å². The van der Waals surface area contributed by atoms with Crippen molar-refractivity contribution in [1.82, 2.24) is 0 Å². The highest BCUT2D eigenvalue weighted by Gasteiger charge is 2.54. The van der Waals surface area contributed by atoms with Crippen molar-refractivity contribution < 1.29 is 49.3 Å². The number of hydrogen-bond acceptors (Lipinski definition) is 10. The van der Waals surface area contributed by atoms with Crippen LogP contribution in [0, 0.1) is 11.8 Å². The van der Waals surface area contributed by atoms with Gasteiger partial charge in [0.25, 0.3) is 0 Å². The van der Waals surface area contributed by atoms with E-state index in [4.69, 9.17) is 14.2 Å². The zero-order valence-electron chi connectivity index (χ0n) is 21.5. The van der Waals surface area contributed by atoms with E-state index in [1.807, 2.05) is 0 Å². The highest BCUT2D eigenvalue weighted by molar-refractivity contribution is 5.91. The summed E-state index contributed by atoms with van der Waals surface area (Å²) in [6.07, 6.45) is 0. The second-order valence-electron chi connectivity index (χ2n) is 9.97. The molecule has 0 bridgehead atoms. The van der Waals surface area contributed by atoms with Gasteiger partial charge in [-0.1, -0.05) is 24.3 Å². The summed E-state index contributed by atoms with van der Waals surface area (Å²) in [6, 6.07) is 17.0. The summed E-state index contributed by atoms with van der Waals surface area (Å²) in [5.74, 6) is -6.76. The summed E-state index contributed by atoms with van der Waals surface area (Å²) in [4.78, 5) is 27.8. The molecule has 4 atom stereocenters. The van der Waals surface area contributed by atoms with Crippen molar-refractivity contribution >= 4 is 11.9 Å². The Kier molecular flexibility index (Phi) is 6.10. The molecule has 2 aliphatic rings. The lowest BCUT2D eigenvalue weighted by Gasteiger charge is -2.41. The van der Waals surface area contributed by atoms with Crippen molar-refractivity contribution in [2.24, 2.45) is 11.8 Å². The fourth-order valence-electron chi connectivity index (χ4n) is 5.95. The van der Waals surface area contributed by atoms with E-state index >= 15 is 0 Å². The third-order valence-corrected chi connectivity index (χ3v) is 7.61. The topological polar surface area (TPSA) is 163 Å². The Morgan fingerprint density at radius 1 is 0.585 bits per heavy atom. The maximum Gasteiger partial charge on any atom is 0.316 e. The van der Waals surface area contributed by atoms with E-state index in [0.717, 1.165) is 6.07 Å². The first kappa shape index (κ1) is 25.9. The van der Waals surface area contributed by atoms with Crippen LogP contribution in [-0.2, 0) is 9.59 Å². The highest BCUT2D eigenvalue weighted by Crippen LogP contribution is 2.57. The Balaban J connectivity index is 1.63. The van der Waals surface area contributed by atoms with Crippen LogP contribution in [0.15, 0.2) is 72.8 Å². The second kappa shape index (κ2) is 9.67. The summed E-state index contributed by atoms with van der Waals surface area (Å²) in [6.45, 7) is 0. The SMILES string of the molecule is COc1cc(O)cc2c1C(c1ccc(O)cc1)C(C1C(=O)Oc3cc(O)cc(O)c3C1c1ccc(O)cc1)C(=O)O2. The van der Waals surface area contributed by atoms with Crippen LogP contribution in [0.5, 0.6) is 46.0 Å². The highest BCUT2D eigenvalue weighted by atomic mass is 16.5. The van der Waals surface area contributed by atoms with Gasteiger partial charge in [0.15, 0.2) is 0 Å². The Hall–Kier alpha value is -5.38. The number of aromatic hydroxyl groups is 5. The van der Waals surface area contributed by atoms with Gasteiger partial charge in [0.05, 0.1) is 18.9 Å². The predicted molar refractivity (Wildman–Crippen MR) is 143 cm³/mol. The van der Waals surface area contributed by atoms with Gasteiger partial charge in [0, 0.05) is 47.2 Å². The molecule has 4 aromatic carbocycles. The summed E-state index contributed by atoms with van der Waals surface area (Å²) in [5, 5.41) is 51.3. The van der Waals surface area contributed by atoms with Gasteiger partial charge in [-0.3, -0.25) is 9.59 Å². The van der Waals surface area contributed by atoms with Gasteiger partial charge in [-0.25, -0.2) is 0 Å². The third-order valence-electron chi connectivity index (χ3n) is 7.61. The van der Waals surface area contributed by atoms with Crippen LogP contribution < -0.4 is 14.2 Å². The van der Waals surface area contributed by atoms with E-state index in [2.05, 4.69) is 0 Å². The normalized spacial score (nSPS) is 21.3. The molecule has 0 aromatic heterocycles. The van der Waals surface area contributed by atoms with Gasteiger partial charge in [-0.05, 0) is 35.4 Å². The number of hydrogen-bond donors (Lipinski definition) is 5. The largest absolute Gasteiger partial charge is 0.508 e. The molecule has 5 N–H and O–H groups in total. The molecule has 0 saturated carbocycles. The number of rotatable bonds is 4. The molecule has 6 rings (SSSR count). The average Bonchev–Trinajstić information content (AvgIpc) is 2.92. The summed E-state index contributed by atoms with van der Waals surface area (Å²) in [7, 11) is 1.39. The maximum absolute atomic E-state index is 13.9. The van der Waals surface area contributed by atoms with Crippen LogP contribution in [0.25, 0.3) is 0 Å². The Morgan fingerprint density at radius 3 is 1.51 bits per heavy atom. The summed E-state index contributed by atoms with van der Waals surface area (Å²) >= 11 is 0. The van der Waals surface area contributed by atoms with Gasteiger partial charge < -0.3 is 39.7 Å². The number of methoxy groups -OCH3 is 1. The first-order chi connectivity index (χ1) is 19.7. The minimum Gasteiger partial charge on any atom is -0.508 e. The molecule has 10 heteroatoms. The lowest BCUT2D eigenvalue weighted by atomic mass is 9.65. The van der Waals surface area contributed by atoms with Crippen LogP contribution >= 0.6 is 0 Å². The van der Waals surface area contributed by atoms with Crippen molar-refractivity contribution in [2.75, 3.05) is 7.11 Å². The zero-order chi connectivity index (χ0) is 29.0. The minimum absolute atomic E-state index is 0.0146. The third kappa shape index (κ3) is 4.29. The van der Waals surface area contributed by atoms with Gasteiger partial charge >= 0.3 is 11.9 Å². The predicted octanol–water partition coefficient (Wildman–Crippen LogP) is 4.26. The van der Waals surface area contributed by atoms with E-state index in [1.165, 1.54) is 49.6 Å². The lowest BCUT2D eigenvalue weighted by Crippen LogP contribution is -2.46. The summed E-state index contributed by atoms with van der Waals surface area (Å²) in [5.41, 5.74) is 1.57. The quantitative estimate of drug-likeness (QED) is 0.181. The maximum atomic E-state index is 13.9. The standard InChI is InChI=1S/C31H24O10/c1-39-21-11-19(35)13-23-27(21)25(15-4-8-17(33)9-5-15)29(31(38)41-23)28-24(14-2-6-16(32)7-3-14)26-20(36)10-18(34)12-22(26)40-30(28)37/h2-13,24-25,28-29,32-36H,1H3. The molecule has 10 nitrogen and oxygen atoms in total. The molecule has 4 aromatic rings. The molecule has 0 aliphatic carbocycles. The fraction of sp³-hybridized carbons (Fsp3) is 0.161. The van der Waals surface area contributed by atoms with Gasteiger partial charge in [0.2, 0.25) is 0 Å². The van der Waals surface area contributed by atoms with E-state index < -0.39 is 35.6 Å². The number of esters is 2. The van der Waals surface area contributed by atoms with Gasteiger partial charge in [0.1, 0.15) is 46.0 Å². The Labute approximate surface area is 233 Å². The molecular weight excluding hydrogens is 532 g/mol. The number of ether oxygens (including phenoxy) is 3. The molecule has 2 heterocycles. The first-order valence-electron chi connectivity index (χ1n) is 12.6. The van der Waals surface area contributed by atoms with Crippen molar-refractivity contribution in [3.8, 4) is 46.0 Å². The molecular formula is C31H24O10. The van der Waals surface area contributed by atoms with Crippen LogP contribution in [0.4, 0.5) is 0 Å². The van der Waals surface area contributed by atoms with Crippen molar-refractivity contribution in [3.05, 3.63) is 95.1 Å². The number of phenolic OH excluding ortho intramolecular Hbond substituents is 5. The Bertz CT molecular complexity index is 1680. The van der Waals surface area contributed by atoms with E-state index in [1.54, 1.807) is 24.3 Å². The number of phenols is 5. The smallest absolute Gasteiger partial charge is 0.316 e. The van der Waals surface area contributed by atoms with Crippen LogP contribution in [0.2, 0.25) is 0 Å². The average molecular weight is 557 g/mol. The summed E-state index contributed by atoms with van der Waals surface area (Å²) < 4.78 is 16.9. The molecule has 0 radical (unpaired) electrons. The molecule has 208 valence electrons. The van der Waals surface area contributed by atoms with Crippen molar-refractivity contribution in [3.63, 3.8) is 0 Å². The van der Waals surface area contributed by atoms with Crippen molar-refractivity contribution in [2.45, 2.75) is 11.8 Å². The molecule has 0 saturated heterocycles. The molecule has 41 heavy (non-hydrogen) atoms. The van der Waals surface area contributed by atoms with E-state index in [-0.39, 0.29) is 51.6 Å². The number of benzene rings is 4. The van der Waals surface area contributed by atoms with Crippen LogP contribution in [-0.4, -0.2) is 44.6 Å². The first-order valence-corrected chi connectivity index (χ1v) is 12.6. The van der Waals surface area contributed by atoms with Crippen LogP contribution in [0.3, 0.4) is 0 Å². The van der Waals surface area contributed by atoms with Gasteiger partial charge in [-0.15, -0.1) is 0 Å². The van der Waals surface area contributed by atoms with Crippen LogP contribution in [0.1, 0.15) is 34.1 Å². The lowest BCUT2D eigenvalue weighted by molar-refractivity contribution is -0.154. The number of fused-ring (bicyclic) bond motifs is 2. The minimum atomic E-state index is -1.28. The van der Waals surface area contributed by atoms with Crippen molar-refractivity contribution in [1.29, 1.82) is 0 Å². The zero-order valence-corrected chi connectivity index (χ0v) is 21.5. The molecule has 2 aliphatic heterocycles. The molecule has 0 spiro atoms.